The maximum atomic E-state index is 6.05. The Labute approximate surface area is 121 Å². The van der Waals surface area contributed by atoms with E-state index in [1.807, 2.05) is 18.2 Å². The van der Waals surface area contributed by atoms with Crippen LogP contribution in [0.2, 0.25) is 10.0 Å². The summed E-state index contributed by atoms with van der Waals surface area (Å²) < 4.78 is 0.108. The first-order valence-electron chi connectivity index (χ1n) is 5.30. The Hall–Kier alpha value is 0.0400. The molecule has 1 heterocycles. The number of thioether (sulfide) groups is 1. The van der Waals surface area contributed by atoms with E-state index in [0.29, 0.717) is 16.0 Å². The second-order valence-electron chi connectivity index (χ2n) is 4.14. The molecule has 1 aliphatic heterocycles. The zero-order valence-corrected chi connectivity index (χ0v) is 12.7. The van der Waals surface area contributed by atoms with Crippen LogP contribution in [-0.4, -0.2) is 4.71 Å². The Morgan fingerprint density at radius 3 is 2.59 bits per heavy atom. The number of rotatable bonds is 2. The highest BCUT2D eigenvalue weighted by molar-refractivity contribution is 8.17. The van der Waals surface area contributed by atoms with Gasteiger partial charge in [-0.05, 0) is 23.6 Å². The van der Waals surface area contributed by atoms with Crippen molar-refractivity contribution in [1.29, 1.82) is 0 Å². The highest BCUT2D eigenvalue weighted by Gasteiger charge is 2.24. The minimum atomic E-state index is 0.108. The molecule has 1 nitrogen and oxygen atoms in total. The van der Waals surface area contributed by atoms with Crippen LogP contribution < -0.4 is 5.32 Å². The lowest BCUT2D eigenvalue weighted by atomic mass is 10.1. The molecular weight excluding hydrogens is 293 g/mol. The van der Waals surface area contributed by atoms with Crippen molar-refractivity contribution < 1.29 is 0 Å². The van der Waals surface area contributed by atoms with Gasteiger partial charge in [-0.2, -0.15) is 0 Å². The summed E-state index contributed by atoms with van der Waals surface area (Å²) in [7, 11) is 0. The molecule has 1 N–H and O–H groups in total. The summed E-state index contributed by atoms with van der Waals surface area (Å²) in [6.45, 7) is 4.32. The molecule has 1 aliphatic rings. The summed E-state index contributed by atoms with van der Waals surface area (Å²) in [6.07, 6.45) is 0. The Bertz CT molecular complexity index is 472. The highest BCUT2D eigenvalue weighted by Crippen LogP contribution is 2.42. The van der Waals surface area contributed by atoms with E-state index in [0.717, 1.165) is 5.56 Å². The van der Waals surface area contributed by atoms with E-state index in [9.17, 15) is 0 Å². The molecule has 0 fully saturated rings. The van der Waals surface area contributed by atoms with Crippen molar-refractivity contribution in [2.24, 2.45) is 5.92 Å². The molecular formula is C12H13Cl2NS2. The third-order valence-corrected chi connectivity index (χ3v) is 4.73. The molecule has 1 aromatic carbocycles. The number of allylic oxidation sites excluding steroid dienone is 1. The number of thiol groups is 1. The average Bonchev–Trinajstić information content (AvgIpc) is 2.64. The molecule has 0 spiro atoms. The zero-order valence-electron chi connectivity index (χ0n) is 9.50. The summed E-state index contributed by atoms with van der Waals surface area (Å²) in [4.78, 5) is 1.21. The van der Waals surface area contributed by atoms with Gasteiger partial charge >= 0.3 is 0 Å². The fourth-order valence-electron chi connectivity index (χ4n) is 1.69. The van der Waals surface area contributed by atoms with E-state index in [1.54, 1.807) is 11.8 Å². The van der Waals surface area contributed by atoms with Crippen molar-refractivity contribution in [1.82, 2.24) is 5.32 Å². The molecule has 0 saturated carbocycles. The van der Waals surface area contributed by atoms with Crippen LogP contribution in [0.25, 0.3) is 4.91 Å². The summed E-state index contributed by atoms with van der Waals surface area (Å²) >= 11 is 18.1. The SMILES string of the molecule is CC(C)C1=C(c2ccc(Cl)c(Cl)c2)SC(S)N1. The molecule has 1 unspecified atom stereocenters. The van der Waals surface area contributed by atoms with Gasteiger partial charge in [-0.25, -0.2) is 0 Å². The summed E-state index contributed by atoms with van der Waals surface area (Å²) in [5.41, 5.74) is 2.31. The van der Waals surface area contributed by atoms with Gasteiger partial charge in [0.15, 0.2) is 0 Å². The van der Waals surface area contributed by atoms with E-state index >= 15 is 0 Å². The van der Waals surface area contributed by atoms with Crippen LogP contribution in [0.5, 0.6) is 0 Å². The molecule has 0 aromatic heterocycles. The first kappa shape index (κ1) is 13.5. The second-order valence-corrected chi connectivity index (χ2v) is 6.94. The molecule has 92 valence electrons. The van der Waals surface area contributed by atoms with Gasteiger partial charge in [0.1, 0.15) is 4.71 Å². The van der Waals surface area contributed by atoms with E-state index in [1.165, 1.54) is 10.6 Å². The van der Waals surface area contributed by atoms with Crippen LogP contribution in [0.1, 0.15) is 19.4 Å². The van der Waals surface area contributed by atoms with Crippen molar-refractivity contribution in [3.8, 4) is 0 Å². The maximum absolute atomic E-state index is 6.05. The molecule has 1 atom stereocenters. The minimum absolute atomic E-state index is 0.108. The maximum Gasteiger partial charge on any atom is 0.121 e. The quantitative estimate of drug-likeness (QED) is 0.756. The average molecular weight is 306 g/mol. The van der Waals surface area contributed by atoms with Crippen LogP contribution in [0.4, 0.5) is 0 Å². The molecule has 0 bridgehead atoms. The van der Waals surface area contributed by atoms with E-state index < -0.39 is 0 Å². The van der Waals surface area contributed by atoms with Crippen LogP contribution >= 0.6 is 47.6 Å². The molecule has 17 heavy (non-hydrogen) atoms. The fraction of sp³-hybridized carbons (Fsp3) is 0.333. The summed E-state index contributed by atoms with van der Waals surface area (Å²) in [5.74, 6) is 0.434. The zero-order chi connectivity index (χ0) is 12.6. The molecule has 0 radical (unpaired) electrons. The number of hydrogen-bond acceptors (Lipinski definition) is 3. The van der Waals surface area contributed by atoms with E-state index in [2.05, 4.69) is 31.8 Å². The van der Waals surface area contributed by atoms with Gasteiger partial charge in [-0.15, -0.1) is 12.6 Å². The van der Waals surface area contributed by atoms with Gasteiger partial charge in [-0.3, -0.25) is 0 Å². The smallest absolute Gasteiger partial charge is 0.121 e. The first-order chi connectivity index (χ1) is 7.99. The van der Waals surface area contributed by atoms with Gasteiger partial charge in [-0.1, -0.05) is 54.9 Å². The fourth-order valence-corrected chi connectivity index (χ4v) is 3.54. The van der Waals surface area contributed by atoms with Gasteiger partial charge < -0.3 is 5.32 Å². The number of nitrogens with one attached hydrogen (secondary N) is 1. The first-order valence-corrected chi connectivity index (χ1v) is 7.45. The standard InChI is InChI=1S/C12H13Cl2NS2/c1-6(2)10-11(17-12(16)15-10)7-3-4-8(13)9(14)5-7/h3-6,12,15-16H,1-2H3. The highest BCUT2D eigenvalue weighted by atomic mass is 35.5. The number of halogens is 2. The number of benzene rings is 1. The monoisotopic (exact) mass is 305 g/mol. The Morgan fingerprint density at radius 2 is 2.00 bits per heavy atom. The van der Waals surface area contributed by atoms with Crippen molar-refractivity contribution in [3.63, 3.8) is 0 Å². The molecule has 5 heteroatoms. The van der Waals surface area contributed by atoms with Gasteiger partial charge in [0.25, 0.3) is 0 Å². The molecule has 0 saturated heterocycles. The topological polar surface area (TPSA) is 12.0 Å². The third kappa shape index (κ3) is 2.90. The summed E-state index contributed by atoms with van der Waals surface area (Å²) in [5, 5.41) is 4.54. The van der Waals surface area contributed by atoms with Gasteiger partial charge in [0.05, 0.1) is 10.0 Å². The predicted molar refractivity (Wildman–Crippen MR) is 81.7 cm³/mol. The van der Waals surface area contributed by atoms with Crippen molar-refractivity contribution in [3.05, 3.63) is 39.5 Å². The van der Waals surface area contributed by atoms with Crippen molar-refractivity contribution in [2.75, 3.05) is 0 Å². The normalized spacial score (nSPS) is 20.0. The summed E-state index contributed by atoms with van der Waals surface area (Å²) in [6, 6.07) is 5.73. The minimum Gasteiger partial charge on any atom is -0.367 e. The van der Waals surface area contributed by atoms with Gasteiger partial charge in [0, 0.05) is 10.6 Å². The van der Waals surface area contributed by atoms with E-state index in [4.69, 9.17) is 23.2 Å². The lowest BCUT2D eigenvalue weighted by Gasteiger charge is -2.11. The van der Waals surface area contributed by atoms with Crippen molar-refractivity contribution >= 4 is 52.5 Å². The van der Waals surface area contributed by atoms with Crippen LogP contribution in [0.15, 0.2) is 23.9 Å². The largest absolute Gasteiger partial charge is 0.367 e. The lowest BCUT2D eigenvalue weighted by Crippen LogP contribution is -2.17. The van der Waals surface area contributed by atoms with E-state index in [-0.39, 0.29) is 4.71 Å². The molecule has 2 rings (SSSR count). The second kappa shape index (κ2) is 5.35. The Balaban J connectivity index is 2.43. The molecule has 1 aromatic rings. The Morgan fingerprint density at radius 1 is 1.29 bits per heavy atom. The third-order valence-electron chi connectivity index (χ3n) is 2.51. The van der Waals surface area contributed by atoms with Crippen LogP contribution in [0, 0.1) is 5.92 Å². The molecule has 0 aliphatic carbocycles. The Kier molecular flexibility index (Phi) is 4.24. The predicted octanol–water partition coefficient (Wildman–Crippen LogP) is 4.87. The molecule has 0 amide bonds. The van der Waals surface area contributed by atoms with Crippen LogP contribution in [-0.2, 0) is 0 Å². The number of hydrogen-bond donors (Lipinski definition) is 2. The van der Waals surface area contributed by atoms with Gasteiger partial charge in [0.2, 0.25) is 0 Å². The lowest BCUT2D eigenvalue weighted by molar-refractivity contribution is 0.697. The van der Waals surface area contributed by atoms with Crippen molar-refractivity contribution in [2.45, 2.75) is 18.6 Å². The van der Waals surface area contributed by atoms with Crippen LogP contribution in [0.3, 0.4) is 0 Å².